The Morgan fingerprint density at radius 1 is 1.46 bits per heavy atom. The molecule has 0 fully saturated rings. The molecule has 0 aromatic carbocycles. The third-order valence-electron chi connectivity index (χ3n) is 3.64. The number of H-pyrrole nitrogens is 1. The van der Waals surface area contributed by atoms with Crippen molar-refractivity contribution in [3.05, 3.63) is 50.7 Å². The minimum absolute atomic E-state index is 0.0963. The molecule has 1 atom stereocenters. The number of thiophene rings is 1. The van der Waals surface area contributed by atoms with E-state index in [-0.39, 0.29) is 23.2 Å². The number of pyridine rings is 1. The quantitative estimate of drug-likeness (QED) is 0.677. The molecule has 2 aliphatic heterocycles. The van der Waals surface area contributed by atoms with Crippen LogP contribution in [0.3, 0.4) is 0 Å². The molecule has 0 saturated carbocycles. The number of methoxy groups -OCH3 is 1. The van der Waals surface area contributed by atoms with Crippen molar-refractivity contribution in [2.45, 2.75) is 12.5 Å². The molecule has 1 aromatic rings. The van der Waals surface area contributed by atoms with Crippen molar-refractivity contribution in [2.75, 3.05) is 7.11 Å². The summed E-state index contributed by atoms with van der Waals surface area (Å²) in [6.07, 6.45) is 2.76. The second kappa shape index (κ2) is 6.28. The predicted octanol–water partition coefficient (Wildman–Crippen LogP) is 1.59. The largest absolute Gasteiger partial charge is 0.481 e. The first-order chi connectivity index (χ1) is 11.5. The van der Waals surface area contributed by atoms with Crippen molar-refractivity contribution < 1.29 is 19.4 Å². The lowest BCUT2D eigenvalue weighted by Crippen LogP contribution is -2.18. The van der Waals surface area contributed by atoms with Crippen LogP contribution in [-0.2, 0) is 9.53 Å². The van der Waals surface area contributed by atoms with Crippen LogP contribution in [0.1, 0.15) is 28.4 Å². The summed E-state index contributed by atoms with van der Waals surface area (Å²) in [5.41, 5.74) is 0.812. The van der Waals surface area contributed by atoms with Crippen molar-refractivity contribution >= 4 is 23.3 Å². The Kier molecular flexibility index (Phi) is 4.17. The Morgan fingerprint density at radius 2 is 2.25 bits per heavy atom. The van der Waals surface area contributed by atoms with Crippen LogP contribution in [0.5, 0.6) is 0 Å². The third-order valence-corrected chi connectivity index (χ3v) is 4.34. The highest BCUT2D eigenvalue weighted by Gasteiger charge is 2.25. The molecule has 2 N–H and O–H groups in total. The molecule has 0 spiro atoms. The molecule has 0 aliphatic carbocycles. The third kappa shape index (κ3) is 2.81. The topological polar surface area (TPSA) is 114 Å². The van der Waals surface area contributed by atoms with E-state index in [4.69, 9.17) is 4.74 Å². The fourth-order valence-electron chi connectivity index (χ4n) is 2.52. The Balaban J connectivity index is 2.21. The molecule has 2 aliphatic rings. The van der Waals surface area contributed by atoms with Gasteiger partial charge in [-0.3, -0.25) is 9.59 Å². The van der Waals surface area contributed by atoms with Crippen LogP contribution in [0.15, 0.2) is 34.0 Å². The van der Waals surface area contributed by atoms with E-state index >= 15 is 0 Å². The number of fused-ring (bicyclic) bond motifs is 1. The zero-order valence-corrected chi connectivity index (χ0v) is 13.4. The molecule has 24 heavy (non-hydrogen) atoms. The van der Waals surface area contributed by atoms with Crippen molar-refractivity contribution in [3.63, 3.8) is 0 Å². The van der Waals surface area contributed by atoms with Crippen LogP contribution in [0, 0.1) is 0 Å². The summed E-state index contributed by atoms with van der Waals surface area (Å²) < 4.78 is 6.28. The molecule has 9 heteroatoms. The molecule has 8 nitrogen and oxygen atoms in total. The minimum atomic E-state index is -0.993. The maximum Gasteiger partial charge on any atom is 0.341 e. The van der Waals surface area contributed by atoms with Gasteiger partial charge in [0.15, 0.2) is 0 Å². The number of nitrogens with one attached hydrogen (secondary N) is 1. The number of ether oxygens (including phenoxy) is 1. The summed E-state index contributed by atoms with van der Waals surface area (Å²) in [4.78, 5) is 35.2. The number of aromatic amines is 1. The lowest BCUT2D eigenvalue weighted by Gasteiger charge is -2.20. The van der Waals surface area contributed by atoms with Crippen LogP contribution in [0.25, 0.3) is 11.3 Å². The van der Waals surface area contributed by atoms with Crippen LogP contribution in [-0.4, -0.2) is 38.9 Å². The van der Waals surface area contributed by atoms with E-state index in [2.05, 4.69) is 10.2 Å². The van der Waals surface area contributed by atoms with Crippen LogP contribution >= 0.6 is 11.3 Å². The highest BCUT2D eigenvalue weighted by Crippen LogP contribution is 2.28. The molecule has 0 unspecified atom stereocenters. The lowest BCUT2D eigenvalue weighted by atomic mass is 10.0. The monoisotopic (exact) mass is 347 g/mol. The molecule has 0 amide bonds. The lowest BCUT2D eigenvalue weighted by molar-refractivity contribution is -0.137. The van der Waals surface area contributed by atoms with E-state index in [0.29, 0.717) is 0 Å². The fraction of sp³-hybridized carbons (Fsp3) is 0.200. The summed E-state index contributed by atoms with van der Waals surface area (Å²) in [6, 6.07) is 1.25. The SMILES string of the molecule is COC(=O)c1cn([C@H](CC(=O)O)c2ccsc2)cc2c(=O)[nH]nc1-2. The smallest absolute Gasteiger partial charge is 0.341 e. The maximum atomic E-state index is 12.0. The molecule has 3 heterocycles. The molecular weight excluding hydrogens is 334 g/mol. The molecule has 0 saturated heterocycles. The first-order valence-electron chi connectivity index (χ1n) is 6.93. The van der Waals surface area contributed by atoms with Gasteiger partial charge in [0.25, 0.3) is 5.56 Å². The number of esters is 1. The average molecular weight is 347 g/mol. The van der Waals surface area contributed by atoms with Gasteiger partial charge in [-0.2, -0.15) is 16.4 Å². The number of carbonyl (C=O) groups excluding carboxylic acids is 1. The van der Waals surface area contributed by atoms with E-state index in [1.54, 1.807) is 10.6 Å². The number of hydrogen-bond donors (Lipinski definition) is 2. The summed E-state index contributed by atoms with van der Waals surface area (Å²) in [5.74, 6) is -1.65. The number of nitrogens with zero attached hydrogens (tertiary/aromatic N) is 2. The highest BCUT2D eigenvalue weighted by molar-refractivity contribution is 7.08. The summed E-state index contributed by atoms with van der Waals surface area (Å²) in [6.45, 7) is 0. The van der Waals surface area contributed by atoms with Gasteiger partial charge in [-0.15, -0.1) is 0 Å². The van der Waals surface area contributed by atoms with E-state index in [9.17, 15) is 19.5 Å². The first-order valence-corrected chi connectivity index (χ1v) is 7.87. The molecule has 3 rings (SSSR count). The fourth-order valence-corrected chi connectivity index (χ4v) is 3.23. The molecular formula is C15H13N3O5S. The van der Waals surface area contributed by atoms with Crippen molar-refractivity contribution in [1.82, 2.24) is 14.8 Å². The van der Waals surface area contributed by atoms with Gasteiger partial charge in [-0.1, -0.05) is 0 Å². The van der Waals surface area contributed by atoms with Crippen LogP contribution < -0.4 is 5.56 Å². The van der Waals surface area contributed by atoms with Gasteiger partial charge in [0.2, 0.25) is 0 Å². The van der Waals surface area contributed by atoms with E-state index in [1.165, 1.54) is 30.8 Å². The maximum absolute atomic E-state index is 12.0. The molecule has 0 radical (unpaired) electrons. The highest BCUT2D eigenvalue weighted by atomic mass is 32.1. The van der Waals surface area contributed by atoms with Crippen molar-refractivity contribution in [2.24, 2.45) is 0 Å². The van der Waals surface area contributed by atoms with Crippen molar-refractivity contribution in [3.8, 4) is 11.3 Å². The molecule has 124 valence electrons. The standard InChI is InChI=1S/C15H13N3O5S/c1-23-15(22)10-6-18(5-9-13(10)16-17-14(9)21)11(4-12(19)20)8-2-3-24-7-8/h2-3,5-7,11H,4H2,1H3,(H,17,21)(H,19,20)/t11-/m1/s1. The number of aliphatic carboxylic acids is 1. The number of hydrogen-bond acceptors (Lipinski definition) is 6. The summed E-state index contributed by atoms with van der Waals surface area (Å²) >= 11 is 1.43. The molecule has 0 bridgehead atoms. The Hall–Kier alpha value is -2.94. The number of carboxylic acids is 1. The Bertz CT molecular complexity index is 912. The van der Waals surface area contributed by atoms with Gasteiger partial charge in [0.05, 0.1) is 25.1 Å². The van der Waals surface area contributed by atoms with Crippen LogP contribution in [0.2, 0.25) is 0 Å². The van der Waals surface area contributed by atoms with Gasteiger partial charge in [-0.05, 0) is 22.4 Å². The zero-order valence-electron chi connectivity index (χ0n) is 12.6. The summed E-state index contributed by atoms with van der Waals surface area (Å²) in [7, 11) is 1.23. The second-order valence-electron chi connectivity index (χ2n) is 5.10. The Labute approximate surface area is 139 Å². The zero-order chi connectivity index (χ0) is 17.3. The summed E-state index contributed by atoms with van der Waals surface area (Å²) in [5, 5.41) is 19.0. The van der Waals surface area contributed by atoms with Gasteiger partial charge < -0.3 is 14.4 Å². The number of carbonyl (C=O) groups is 2. The Morgan fingerprint density at radius 3 is 2.88 bits per heavy atom. The first kappa shape index (κ1) is 15.9. The van der Waals surface area contributed by atoms with E-state index in [0.717, 1.165) is 5.56 Å². The average Bonchev–Trinajstić information content (AvgIpc) is 3.21. The number of aromatic nitrogens is 3. The van der Waals surface area contributed by atoms with E-state index < -0.39 is 23.5 Å². The minimum Gasteiger partial charge on any atom is -0.481 e. The number of rotatable bonds is 5. The predicted molar refractivity (Wildman–Crippen MR) is 85.5 cm³/mol. The van der Waals surface area contributed by atoms with Gasteiger partial charge >= 0.3 is 11.9 Å². The normalized spacial score (nSPS) is 12.2. The number of carboxylic acid groups (broad SMARTS) is 1. The van der Waals surface area contributed by atoms with Crippen molar-refractivity contribution in [1.29, 1.82) is 0 Å². The van der Waals surface area contributed by atoms with Crippen LogP contribution in [0.4, 0.5) is 0 Å². The van der Waals surface area contributed by atoms with E-state index in [1.807, 2.05) is 10.8 Å². The van der Waals surface area contributed by atoms with Gasteiger partial charge in [-0.25, -0.2) is 9.89 Å². The van der Waals surface area contributed by atoms with Gasteiger partial charge in [0, 0.05) is 12.4 Å². The van der Waals surface area contributed by atoms with Gasteiger partial charge in [0.1, 0.15) is 11.3 Å². The second-order valence-corrected chi connectivity index (χ2v) is 5.88. The molecule has 1 aromatic heterocycles.